The highest BCUT2D eigenvalue weighted by molar-refractivity contribution is 5.47. The van der Waals surface area contributed by atoms with Crippen LogP contribution in [-0.2, 0) is 6.42 Å². The second-order valence-corrected chi connectivity index (χ2v) is 2.95. The molecule has 0 spiro atoms. The minimum atomic E-state index is 0.612. The van der Waals surface area contributed by atoms with Crippen molar-refractivity contribution in [3.63, 3.8) is 0 Å². The predicted molar refractivity (Wildman–Crippen MR) is 51.7 cm³/mol. The monoisotopic (exact) mass is 192 g/mol. The second-order valence-electron chi connectivity index (χ2n) is 2.95. The molecule has 0 aliphatic heterocycles. The average Bonchev–Trinajstić information content (AvgIpc) is 2.85. The van der Waals surface area contributed by atoms with E-state index in [0.717, 1.165) is 18.7 Å². The summed E-state index contributed by atoms with van der Waals surface area (Å²) < 4.78 is 5.07. The van der Waals surface area contributed by atoms with Crippen LogP contribution in [0.3, 0.4) is 0 Å². The van der Waals surface area contributed by atoms with Gasteiger partial charge in [-0.25, -0.2) is 0 Å². The van der Waals surface area contributed by atoms with Crippen LogP contribution in [0.4, 0.5) is 0 Å². The van der Waals surface area contributed by atoms with Crippen molar-refractivity contribution < 1.29 is 4.52 Å². The number of likely N-dealkylation sites (N-methyl/N-ethyl adjacent to an activating group) is 1. The van der Waals surface area contributed by atoms with Gasteiger partial charge in [0.05, 0.1) is 5.69 Å². The molecule has 0 saturated heterocycles. The zero-order valence-electron chi connectivity index (χ0n) is 7.95. The van der Waals surface area contributed by atoms with Gasteiger partial charge >= 0.3 is 0 Å². The summed E-state index contributed by atoms with van der Waals surface area (Å²) in [4.78, 5) is 7.26. The molecule has 2 rings (SSSR count). The molecule has 14 heavy (non-hydrogen) atoms. The highest BCUT2D eigenvalue weighted by atomic mass is 16.5. The van der Waals surface area contributed by atoms with E-state index < -0.39 is 0 Å². The third kappa shape index (κ3) is 1.82. The van der Waals surface area contributed by atoms with Gasteiger partial charge in [-0.05, 0) is 19.2 Å². The van der Waals surface area contributed by atoms with Crippen LogP contribution in [0.5, 0.6) is 0 Å². The maximum atomic E-state index is 5.07. The Morgan fingerprint density at radius 1 is 1.57 bits per heavy atom. The van der Waals surface area contributed by atoms with Crippen LogP contribution in [-0.4, -0.2) is 28.7 Å². The van der Waals surface area contributed by atoms with E-state index in [2.05, 4.69) is 20.4 Å². The lowest BCUT2D eigenvalue weighted by atomic mass is 10.4. The van der Waals surface area contributed by atoms with Crippen molar-refractivity contribution >= 4 is 0 Å². The van der Waals surface area contributed by atoms with Crippen LogP contribution >= 0.6 is 0 Å². The number of H-pyrrole nitrogens is 1. The van der Waals surface area contributed by atoms with E-state index in [9.17, 15) is 0 Å². The normalized spacial score (nSPS) is 10.6. The van der Waals surface area contributed by atoms with Crippen LogP contribution in [0.1, 0.15) is 5.89 Å². The molecule has 0 aliphatic carbocycles. The lowest BCUT2D eigenvalue weighted by Gasteiger charge is -1.90. The molecule has 0 radical (unpaired) electrons. The average molecular weight is 192 g/mol. The minimum Gasteiger partial charge on any atom is -0.359 e. The van der Waals surface area contributed by atoms with Gasteiger partial charge < -0.3 is 14.8 Å². The second kappa shape index (κ2) is 4.06. The van der Waals surface area contributed by atoms with Gasteiger partial charge in [0.15, 0.2) is 0 Å². The molecule has 5 heteroatoms. The number of aromatic nitrogens is 3. The molecule has 2 heterocycles. The Morgan fingerprint density at radius 2 is 2.50 bits per heavy atom. The Balaban J connectivity index is 2.10. The number of hydrogen-bond acceptors (Lipinski definition) is 4. The zero-order valence-corrected chi connectivity index (χ0v) is 7.95. The molecular formula is C9H12N4O. The Kier molecular flexibility index (Phi) is 2.60. The molecule has 0 fully saturated rings. The molecule has 0 atom stereocenters. The highest BCUT2D eigenvalue weighted by Gasteiger charge is 2.07. The summed E-state index contributed by atoms with van der Waals surface area (Å²) in [6.45, 7) is 0.840. The van der Waals surface area contributed by atoms with Crippen LogP contribution in [0.2, 0.25) is 0 Å². The third-order valence-electron chi connectivity index (χ3n) is 1.90. The van der Waals surface area contributed by atoms with Gasteiger partial charge in [-0.3, -0.25) is 0 Å². The molecule has 0 aliphatic rings. The first-order valence-corrected chi connectivity index (χ1v) is 4.51. The number of nitrogens with one attached hydrogen (secondary N) is 2. The van der Waals surface area contributed by atoms with Crippen molar-refractivity contribution in [2.24, 2.45) is 0 Å². The molecule has 2 N–H and O–H groups in total. The van der Waals surface area contributed by atoms with E-state index in [4.69, 9.17) is 4.52 Å². The molecule has 0 saturated carbocycles. The Morgan fingerprint density at radius 3 is 3.21 bits per heavy atom. The molecule has 0 amide bonds. The van der Waals surface area contributed by atoms with Crippen molar-refractivity contribution in [3.05, 3.63) is 24.2 Å². The lowest BCUT2D eigenvalue weighted by Crippen LogP contribution is -2.10. The summed E-state index contributed by atoms with van der Waals surface area (Å²) in [5.41, 5.74) is 0.879. The Bertz CT molecular complexity index is 379. The largest absolute Gasteiger partial charge is 0.359 e. The lowest BCUT2D eigenvalue weighted by molar-refractivity contribution is 0.377. The van der Waals surface area contributed by atoms with Gasteiger partial charge in [0, 0.05) is 19.2 Å². The van der Waals surface area contributed by atoms with Crippen LogP contribution in [0.15, 0.2) is 22.9 Å². The van der Waals surface area contributed by atoms with Crippen molar-refractivity contribution in [3.8, 4) is 11.5 Å². The third-order valence-corrected chi connectivity index (χ3v) is 1.90. The van der Waals surface area contributed by atoms with Gasteiger partial charge in [-0.1, -0.05) is 5.16 Å². The zero-order chi connectivity index (χ0) is 9.80. The first-order chi connectivity index (χ1) is 6.90. The molecule has 0 unspecified atom stereocenters. The van der Waals surface area contributed by atoms with Gasteiger partial charge in [0.1, 0.15) is 0 Å². The van der Waals surface area contributed by atoms with Crippen LogP contribution < -0.4 is 5.32 Å². The molecule has 2 aromatic rings. The maximum absolute atomic E-state index is 5.07. The number of hydrogen-bond donors (Lipinski definition) is 2. The van der Waals surface area contributed by atoms with Crippen molar-refractivity contribution in [2.75, 3.05) is 13.6 Å². The minimum absolute atomic E-state index is 0.612. The van der Waals surface area contributed by atoms with Gasteiger partial charge in [-0.2, -0.15) is 4.98 Å². The van der Waals surface area contributed by atoms with E-state index in [1.165, 1.54) is 0 Å². The van der Waals surface area contributed by atoms with Crippen molar-refractivity contribution in [1.29, 1.82) is 0 Å². The summed E-state index contributed by atoms with van der Waals surface area (Å²) in [6.07, 6.45) is 2.59. The topological polar surface area (TPSA) is 66.7 Å². The summed E-state index contributed by atoms with van der Waals surface area (Å²) in [6, 6.07) is 3.81. The van der Waals surface area contributed by atoms with E-state index >= 15 is 0 Å². The molecule has 0 aromatic carbocycles. The van der Waals surface area contributed by atoms with Crippen molar-refractivity contribution in [1.82, 2.24) is 20.4 Å². The summed E-state index contributed by atoms with van der Waals surface area (Å²) in [7, 11) is 1.89. The molecule has 74 valence electrons. The molecule has 0 bridgehead atoms. The summed E-state index contributed by atoms with van der Waals surface area (Å²) >= 11 is 0. The van der Waals surface area contributed by atoms with Gasteiger partial charge in [0.25, 0.3) is 0 Å². The fourth-order valence-corrected chi connectivity index (χ4v) is 1.17. The Hall–Kier alpha value is -1.62. The number of nitrogens with zero attached hydrogens (tertiary/aromatic N) is 2. The fourth-order valence-electron chi connectivity index (χ4n) is 1.17. The number of rotatable bonds is 4. The van der Waals surface area contributed by atoms with Gasteiger partial charge in [-0.15, -0.1) is 0 Å². The van der Waals surface area contributed by atoms with Crippen LogP contribution in [0, 0.1) is 0 Å². The van der Waals surface area contributed by atoms with Gasteiger partial charge in [0.2, 0.25) is 11.7 Å². The number of aromatic amines is 1. The summed E-state index contributed by atoms with van der Waals surface area (Å²) in [5, 5.41) is 6.89. The SMILES string of the molecule is CNCCc1nc(-c2ccc[nH]2)no1. The van der Waals surface area contributed by atoms with E-state index in [-0.39, 0.29) is 0 Å². The smallest absolute Gasteiger partial charge is 0.228 e. The molecular weight excluding hydrogens is 180 g/mol. The van der Waals surface area contributed by atoms with Crippen molar-refractivity contribution in [2.45, 2.75) is 6.42 Å². The van der Waals surface area contributed by atoms with E-state index in [0.29, 0.717) is 11.7 Å². The highest BCUT2D eigenvalue weighted by Crippen LogP contribution is 2.12. The fraction of sp³-hybridized carbons (Fsp3) is 0.333. The first-order valence-electron chi connectivity index (χ1n) is 4.51. The summed E-state index contributed by atoms with van der Waals surface area (Å²) in [5.74, 6) is 1.27. The standard InChI is InChI=1S/C9H12N4O/c1-10-6-4-8-12-9(13-14-8)7-3-2-5-11-7/h2-3,5,10-11H,4,6H2,1H3. The predicted octanol–water partition coefficient (Wildman–Crippen LogP) is 0.827. The molecule has 2 aromatic heterocycles. The Labute approximate surface area is 81.5 Å². The maximum Gasteiger partial charge on any atom is 0.228 e. The van der Waals surface area contributed by atoms with E-state index in [1.54, 1.807) is 0 Å². The van der Waals surface area contributed by atoms with Crippen LogP contribution in [0.25, 0.3) is 11.5 Å². The van der Waals surface area contributed by atoms with E-state index in [1.807, 2.05) is 25.4 Å². The quantitative estimate of drug-likeness (QED) is 0.752. The first kappa shape index (κ1) is 8.96. The molecule has 5 nitrogen and oxygen atoms in total.